The molecule has 2 aromatic rings. The highest BCUT2D eigenvalue weighted by atomic mass is 19.1. The average molecular weight is 313 g/mol. The second kappa shape index (κ2) is 7.01. The number of hydrogen-bond acceptors (Lipinski definition) is 6. The van der Waals surface area contributed by atoms with Gasteiger partial charge >= 0.3 is 0 Å². The van der Waals surface area contributed by atoms with Crippen molar-refractivity contribution in [1.82, 2.24) is 15.0 Å². The number of nitrogens with zero attached hydrogens (tertiary/aromatic N) is 5. The highest BCUT2D eigenvalue weighted by Crippen LogP contribution is 2.21. The van der Waals surface area contributed by atoms with E-state index in [-0.39, 0.29) is 0 Å². The zero-order chi connectivity index (χ0) is 16.1. The second-order valence-corrected chi connectivity index (χ2v) is 5.46. The van der Waals surface area contributed by atoms with Crippen molar-refractivity contribution in [3.8, 4) is 11.9 Å². The van der Waals surface area contributed by atoms with Crippen molar-refractivity contribution in [2.24, 2.45) is 5.92 Å². The van der Waals surface area contributed by atoms with Gasteiger partial charge in [0.05, 0.1) is 30.6 Å². The van der Waals surface area contributed by atoms with Gasteiger partial charge in [0, 0.05) is 31.3 Å². The number of piperidine rings is 1. The summed E-state index contributed by atoms with van der Waals surface area (Å²) in [6.07, 6.45) is 5.96. The number of halogens is 1. The Morgan fingerprint density at radius 2 is 2.17 bits per heavy atom. The van der Waals surface area contributed by atoms with Crippen molar-refractivity contribution in [1.29, 1.82) is 5.26 Å². The van der Waals surface area contributed by atoms with Crippen LogP contribution in [0, 0.1) is 23.1 Å². The summed E-state index contributed by atoms with van der Waals surface area (Å²) in [7, 11) is 0. The van der Waals surface area contributed by atoms with Crippen LogP contribution >= 0.6 is 0 Å². The topological polar surface area (TPSA) is 74.9 Å². The van der Waals surface area contributed by atoms with Crippen LogP contribution in [0.15, 0.2) is 30.7 Å². The predicted octanol–water partition coefficient (Wildman–Crippen LogP) is 2.18. The predicted molar refractivity (Wildman–Crippen MR) is 81.4 cm³/mol. The van der Waals surface area contributed by atoms with Gasteiger partial charge in [-0.15, -0.1) is 0 Å². The van der Waals surface area contributed by atoms with Gasteiger partial charge in [0.15, 0.2) is 5.82 Å². The van der Waals surface area contributed by atoms with E-state index >= 15 is 0 Å². The number of pyridine rings is 1. The van der Waals surface area contributed by atoms with E-state index in [1.165, 1.54) is 12.4 Å². The lowest BCUT2D eigenvalue weighted by Crippen LogP contribution is -2.38. The molecule has 0 radical (unpaired) electrons. The fourth-order valence-electron chi connectivity index (χ4n) is 2.61. The molecule has 6 nitrogen and oxygen atoms in total. The molecule has 0 bridgehead atoms. The molecule has 0 saturated carbocycles. The van der Waals surface area contributed by atoms with Crippen LogP contribution < -0.4 is 9.64 Å². The third-order valence-corrected chi connectivity index (χ3v) is 3.74. The fraction of sp³-hybridized carbons (Fsp3) is 0.375. The molecular formula is C16H16FN5O. The van der Waals surface area contributed by atoms with Crippen molar-refractivity contribution in [3.05, 3.63) is 42.1 Å². The third-order valence-electron chi connectivity index (χ3n) is 3.74. The van der Waals surface area contributed by atoms with E-state index in [0.29, 0.717) is 29.9 Å². The third kappa shape index (κ3) is 3.92. The van der Waals surface area contributed by atoms with Crippen LogP contribution in [-0.2, 0) is 0 Å². The fourth-order valence-corrected chi connectivity index (χ4v) is 2.61. The molecule has 1 aliphatic rings. The van der Waals surface area contributed by atoms with Gasteiger partial charge in [0.25, 0.3) is 0 Å². The summed E-state index contributed by atoms with van der Waals surface area (Å²) in [4.78, 5) is 14.2. The first-order chi connectivity index (χ1) is 11.2. The number of nitriles is 1. The molecule has 0 aliphatic carbocycles. The Bertz CT molecular complexity index is 700. The summed E-state index contributed by atoms with van der Waals surface area (Å²) in [5.74, 6) is 0.874. The Morgan fingerprint density at radius 1 is 1.35 bits per heavy atom. The molecule has 23 heavy (non-hydrogen) atoms. The zero-order valence-electron chi connectivity index (χ0n) is 12.5. The van der Waals surface area contributed by atoms with Crippen molar-refractivity contribution < 1.29 is 9.13 Å². The van der Waals surface area contributed by atoms with Gasteiger partial charge in [-0.2, -0.15) is 5.26 Å². The zero-order valence-corrected chi connectivity index (χ0v) is 12.5. The summed E-state index contributed by atoms with van der Waals surface area (Å²) in [5, 5.41) is 8.88. The van der Waals surface area contributed by atoms with Crippen LogP contribution in [0.1, 0.15) is 18.4 Å². The van der Waals surface area contributed by atoms with E-state index in [2.05, 4.69) is 21.0 Å². The molecule has 0 spiro atoms. The summed E-state index contributed by atoms with van der Waals surface area (Å²) >= 11 is 0. The molecule has 0 N–H and O–H groups in total. The molecule has 3 heterocycles. The lowest BCUT2D eigenvalue weighted by atomic mass is 9.99. The number of ether oxygens (including phenoxy) is 1. The minimum Gasteiger partial charge on any atom is -0.477 e. The van der Waals surface area contributed by atoms with Crippen LogP contribution in [-0.4, -0.2) is 34.6 Å². The first-order valence-electron chi connectivity index (χ1n) is 7.46. The van der Waals surface area contributed by atoms with Gasteiger partial charge in [-0.05, 0) is 18.9 Å². The molecule has 118 valence electrons. The maximum atomic E-state index is 12.9. The molecule has 7 heteroatoms. The minimum absolute atomic E-state index is 0.310. The molecule has 0 aromatic carbocycles. The van der Waals surface area contributed by atoms with Crippen LogP contribution in [0.5, 0.6) is 5.88 Å². The van der Waals surface area contributed by atoms with Gasteiger partial charge < -0.3 is 9.64 Å². The summed E-state index contributed by atoms with van der Waals surface area (Å²) in [6, 6.07) is 5.33. The summed E-state index contributed by atoms with van der Waals surface area (Å²) in [5.41, 5.74) is 0.528. The maximum Gasteiger partial charge on any atom is 0.225 e. The van der Waals surface area contributed by atoms with Crippen molar-refractivity contribution in [2.45, 2.75) is 12.8 Å². The Morgan fingerprint density at radius 3 is 2.96 bits per heavy atom. The first kappa shape index (κ1) is 15.2. The van der Waals surface area contributed by atoms with Crippen LogP contribution in [0.2, 0.25) is 0 Å². The quantitative estimate of drug-likeness (QED) is 0.861. The Labute approximate surface area is 133 Å². The molecule has 3 rings (SSSR count). The number of rotatable bonds is 4. The van der Waals surface area contributed by atoms with Gasteiger partial charge in [-0.3, -0.25) is 0 Å². The van der Waals surface area contributed by atoms with Gasteiger partial charge in [-0.25, -0.2) is 19.3 Å². The van der Waals surface area contributed by atoms with Gasteiger partial charge in [0.2, 0.25) is 11.8 Å². The van der Waals surface area contributed by atoms with E-state index in [0.717, 1.165) is 25.9 Å². The molecule has 1 saturated heterocycles. The molecular weight excluding hydrogens is 297 g/mol. The SMILES string of the molecule is N#Cc1ccnc(OCC2CCCN(c3ncc(F)cn3)C2)c1. The summed E-state index contributed by atoms with van der Waals surface area (Å²) < 4.78 is 18.6. The van der Waals surface area contributed by atoms with E-state index in [1.807, 2.05) is 4.90 Å². The van der Waals surface area contributed by atoms with E-state index in [4.69, 9.17) is 10.00 Å². The van der Waals surface area contributed by atoms with E-state index in [9.17, 15) is 4.39 Å². The second-order valence-electron chi connectivity index (χ2n) is 5.46. The van der Waals surface area contributed by atoms with Crippen molar-refractivity contribution >= 4 is 5.95 Å². The molecule has 1 atom stereocenters. The van der Waals surface area contributed by atoms with Crippen molar-refractivity contribution in [3.63, 3.8) is 0 Å². The first-order valence-corrected chi connectivity index (χ1v) is 7.46. The largest absolute Gasteiger partial charge is 0.477 e. The number of aromatic nitrogens is 3. The smallest absolute Gasteiger partial charge is 0.225 e. The molecule has 0 amide bonds. The monoisotopic (exact) mass is 313 g/mol. The Hall–Kier alpha value is -2.75. The molecule has 1 aliphatic heterocycles. The summed E-state index contributed by atoms with van der Waals surface area (Å²) in [6.45, 7) is 2.12. The highest BCUT2D eigenvalue weighted by Gasteiger charge is 2.22. The van der Waals surface area contributed by atoms with Crippen LogP contribution in [0.4, 0.5) is 10.3 Å². The van der Waals surface area contributed by atoms with Crippen molar-refractivity contribution in [2.75, 3.05) is 24.6 Å². The minimum atomic E-state index is -0.436. The number of anilines is 1. The van der Waals surface area contributed by atoms with E-state index in [1.54, 1.807) is 18.3 Å². The molecule has 1 unspecified atom stereocenters. The standard InChI is InChI=1S/C16H16FN5O/c17-14-8-20-16(21-9-14)22-5-1-2-13(10-22)11-23-15-6-12(7-18)3-4-19-15/h3-4,6,8-9,13H,1-2,5,10-11H2. The Kier molecular flexibility index (Phi) is 4.62. The number of hydrogen-bond donors (Lipinski definition) is 0. The average Bonchev–Trinajstić information content (AvgIpc) is 2.61. The van der Waals surface area contributed by atoms with Gasteiger partial charge in [0.1, 0.15) is 0 Å². The molecule has 1 fully saturated rings. The maximum absolute atomic E-state index is 12.9. The normalized spacial score (nSPS) is 17.6. The molecule has 2 aromatic heterocycles. The lowest BCUT2D eigenvalue weighted by molar-refractivity contribution is 0.221. The highest BCUT2D eigenvalue weighted by molar-refractivity contribution is 5.31. The lowest BCUT2D eigenvalue weighted by Gasteiger charge is -2.32. The van der Waals surface area contributed by atoms with E-state index < -0.39 is 5.82 Å². The van der Waals surface area contributed by atoms with Gasteiger partial charge in [-0.1, -0.05) is 0 Å². The Balaban J connectivity index is 1.58. The van der Waals surface area contributed by atoms with Crippen LogP contribution in [0.3, 0.4) is 0 Å². The van der Waals surface area contributed by atoms with Crippen LogP contribution in [0.25, 0.3) is 0 Å².